The van der Waals surface area contributed by atoms with Crippen LogP contribution in [0.15, 0.2) is 43.0 Å². The van der Waals surface area contributed by atoms with Crippen LogP contribution in [0.25, 0.3) is 11.2 Å². The second kappa shape index (κ2) is 9.45. The van der Waals surface area contributed by atoms with Crippen LogP contribution in [0.3, 0.4) is 0 Å². The number of aliphatic hydroxyl groups is 2. The molecular formula is C20H23N5O6. The highest BCUT2D eigenvalue weighted by Crippen LogP contribution is 2.34. The average molecular weight is 429 g/mol. The quantitative estimate of drug-likeness (QED) is 0.433. The van der Waals surface area contributed by atoms with E-state index in [9.17, 15) is 15.0 Å². The standard InChI is InChI=1S/C20H23N5O6/c1-29-7-8-30-16-15(27)13(9-26)31-20(16)25-11-23-14-17(21-10-22-18(14)25)24-19(28)12-5-3-2-4-6-12/h2-6,10-11,13,15-16,20,26-27H,7-9H2,1H3,(H,21,22,24,28)/t13-,15?,16+,20-/m1/s1. The topological polar surface area (TPSA) is 141 Å². The predicted octanol–water partition coefficient (Wildman–Crippen LogP) is 0.361. The van der Waals surface area contributed by atoms with E-state index in [4.69, 9.17) is 14.2 Å². The molecule has 1 fully saturated rings. The number of ether oxygens (including phenoxy) is 3. The van der Waals surface area contributed by atoms with Gasteiger partial charge >= 0.3 is 0 Å². The highest BCUT2D eigenvalue weighted by atomic mass is 16.6. The van der Waals surface area contributed by atoms with Gasteiger partial charge in [0.1, 0.15) is 24.6 Å². The first-order chi connectivity index (χ1) is 15.1. The molecule has 3 aromatic rings. The molecule has 4 atom stereocenters. The van der Waals surface area contributed by atoms with Gasteiger partial charge in [-0.05, 0) is 12.1 Å². The minimum absolute atomic E-state index is 0.232. The van der Waals surface area contributed by atoms with Crippen molar-refractivity contribution in [3.8, 4) is 0 Å². The molecular weight excluding hydrogens is 406 g/mol. The lowest BCUT2D eigenvalue weighted by atomic mass is 10.1. The Morgan fingerprint density at radius 2 is 2.03 bits per heavy atom. The highest BCUT2D eigenvalue weighted by molar-refractivity contribution is 6.06. The van der Waals surface area contributed by atoms with Crippen LogP contribution < -0.4 is 5.32 Å². The molecule has 1 aliphatic rings. The SMILES string of the molecule is COCCO[C@H]1C(O)[C@@H](CO)O[C@H]1n1cnc2c(NC(=O)c3ccccc3)ncnc21. The molecule has 1 amide bonds. The third-order valence-corrected chi connectivity index (χ3v) is 4.99. The molecule has 1 aliphatic heterocycles. The van der Waals surface area contributed by atoms with Crippen LogP contribution >= 0.6 is 0 Å². The summed E-state index contributed by atoms with van der Waals surface area (Å²) in [6, 6.07) is 8.74. The summed E-state index contributed by atoms with van der Waals surface area (Å²) in [5, 5.41) is 22.8. The molecule has 0 saturated carbocycles. The van der Waals surface area contributed by atoms with Crippen molar-refractivity contribution in [3.63, 3.8) is 0 Å². The van der Waals surface area contributed by atoms with Gasteiger partial charge in [-0.15, -0.1) is 0 Å². The van der Waals surface area contributed by atoms with Gasteiger partial charge in [0.25, 0.3) is 5.91 Å². The number of carbonyl (C=O) groups is 1. The van der Waals surface area contributed by atoms with Crippen molar-refractivity contribution in [2.45, 2.75) is 24.5 Å². The van der Waals surface area contributed by atoms with Crippen molar-refractivity contribution in [1.82, 2.24) is 19.5 Å². The third-order valence-electron chi connectivity index (χ3n) is 4.99. The first kappa shape index (κ1) is 21.3. The first-order valence-electron chi connectivity index (χ1n) is 9.73. The number of anilines is 1. The van der Waals surface area contributed by atoms with E-state index in [1.807, 2.05) is 6.07 Å². The second-order valence-electron chi connectivity index (χ2n) is 6.93. The number of nitrogens with one attached hydrogen (secondary N) is 1. The lowest BCUT2D eigenvalue weighted by Gasteiger charge is -2.22. The molecule has 1 saturated heterocycles. The number of nitrogens with zero attached hydrogens (tertiary/aromatic N) is 4. The van der Waals surface area contributed by atoms with Gasteiger partial charge < -0.3 is 29.7 Å². The van der Waals surface area contributed by atoms with E-state index in [1.165, 1.54) is 12.7 Å². The molecule has 0 spiro atoms. The van der Waals surface area contributed by atoms with E-state index < -0.39 is 24.5 Å². The van der Waals surface area contributed by atoms with Crippen LogP contribution in [0.4, 0.5) is 5.82 Å². The summed E-state index contributed by atoms with van der Waals surface area (Å²) in [6.45, 7) is 0.195. The Labute approximate surface area is 177 Å². The van der Waals surface area contributed by atoms with Crippen molar-refractivity contribution in [3.05, 3.63) is 48.5 Å². The number of fused-ring (bicyclic) bond motifs is 1. The molecule has 11 nitrogen and oxygen atoms in total. The van der Waals surface area contributed by atoms with Crippen LogP contribution in [0.5, 0.6) is 0 Å². The third kappa shape index (κ3) is 4.27. The van der Waals surface area contributed by atoms with Gasteiger partial charge in [0, 0.05) is 12.7 Å². The summed E-state index contributed by atoms with van der Waals surface area (Å²) in [5.41, 5.74) is 1.22. The van der Waals surface area contributed by atoms with E-state index in [0.717, 1.165) is 0 Å². The monoisotopic (exact) mass is 429 g/mol. The van der Waals surface area contributed by atoms with E-state index in [2.05, 4.69) is 20.3 Å². The highest BCUT2D eigenvalue weighted by Gasteiger charge is 2.45. The molecule has 3 N–H and O–H groups in total. The van der Waals surface area contributed by atoms with Crippen molar-refractivity contribution in [2.24, 2.45) is 0 Å². The Balaban J connectivity index is 1.62. The van der Waals surface area contributed by atoms with Gasteiger partial charge in [-0.25, -0.2) is 15.0 Å². The van der Waals surface area contributed by atoms with Gasteiger partial charge in [0.05, 0.1) is 26.1 Å². The zero-order chi connectivity index (χ0) is 21.8. The smallest absolute Gasteiger partial charge is 0.256 e. The van der Waals surface area contributed by atoms with Crippen molar-refractivity contribution < 1.29 is 29.2 Å². The molecule has 2 aromatic heterocycles. The number of imidazole rings is 1. The summed E-state index contributed by atoms with van der Waals surface area (Å²) in [4.78, 5) is 25.3. The normalized spacial score (nSPS) is 23.3. The molecule has 1 unspecified atom stereocenters. The van der Waals surface area contributed by atoms with E-state index in [0.29, 0.717) is 23.3 Å². The molecule has 0 bridgehead atoms. The number of carbonyl (C=O) groups excluding carboxylic acids is 1. The van der Waals surface area contributed by atoms with E-state index >= 15 is 0 Å². The van der Waals surface area contributed by atoms with E-state index in [1.54, 1.807) is 35.9 Å². The maximum absolute atomic E-state index is 12.5. The number of rotatable bonds is 8. The fraction of sp³-hybridized carbons (Fsp3) is 0.400. The molecule has 0 aliphatic carbocycles. The van der Waals surface area contributed by atoms with Crippen LogP contribution in [0.2, 0.25) is 0 Å². The van der Waals surface area contributed by atoms with Gasteiger partial charge in [0.2, 0.25) is 0 Å². The van der Waals surface area contributed by atoms with Crippen LogP contribution in [-0.2, 0) is 14.2 Å². The van der Waals surface area contributed by atoms with Crippen molar-refractivity contribution in [1.29, 1.82) is 0 Å². The summed E-state index contributed by atoms with van der Waals surface area (Å²) >= 11 is 0. The molecule has 3 heterocycles. The number of hydrogen-bond acceptors (Lipinski definition) is 9. The number of benzene rings is 1. The largest absolute Gasteiger partial charge is 0.394 e. The van der Waals surface area contributed by atoms with Gasteiger partial charge in [0.15, 0.2) is 23.2 Å². The van der Waals surface area contributed by atoms with Crippen LogP contribution in [-0.4, -0.2) is 80.9 Å². The Morgan fingerprint density at radius 3 is 2.77 bits per heavy atom. The predicted molar refractivity (Wildman–Crippen MR) is 108 cm³/mol. The first-order valence-corrected chi connectivity index (χ1v) is 9.73. The fourth-order valence-corrected chi connectivity index (χ4v) is 3.44. The molecule has 0 radical (unpaired) electrons. The maximum atomic E-state index is 12.5. The minimum Gasteiger partial charge on any atom is -0.394 e. The summed E-state index contributed by atoms with van der Waals surface area (Å²) in [6.07, 6.45) is -0.667. The summed E-state index contributed by atoms with van der Waals surface area (Å²) < 4.78 is 18.2. The zero-order valence-corrected chi connectivity index (χ0v) is 16.8. The Morgan fingerprint density at radius 1 is 1.23 bits per heavy atom. The second-order valence-corrected chi connectivity index (χ2v) is 6.93. The molecule has 1 aromatic carbocycles. The summed E-state index contributed by atoms with van der Waals surface area (Å²) in [7, 11) is 1.55. The molecule has 4 rings (SSSR count). The zero-order valence-electron chi connectivity index (χ0n) is 16.8. The number of aromatic nitrogens is 4. The Bertz CT molecular complexity index is 1030. The Hall–Kier alpha value is -2.96. The fourth-order valence-electron chi connectivity index (χ4n) is 3.44. The number of aliphatic hydroxyl groups excluding tert-OH is 2. The summed E-state index contributed by atoms with van der Waals surface area (Å²) in [5.74, 6) is -0.0875. The average Bonchev–Trinajstić information content (AvgIpc) is 3.36. The molecule has 164 valence electrons. The maximum Gasteiger partial charge on any atom is 0.256 e. The number of amides is 1. The number of methoxy groups -OCH3 is 1. The lowest BCUT2D eigenvalue weighted by Crippen LogP contribution is -2.36. The van der Waals surface area contributed by atoms with Crippen LogP contribution in [0.1, 0.15) is 16.6 Å². The van der Waals surface area contributed by atoms with E-state index in [-0.39, 0.29) is 24.9 Å². The van der Waals surface area contributed by atoms with Gasteiger partial charge in [-0.1, -0.05) is 18.2 Å². The molecule has 11 heteroatoms. The Kier molecular flexibility index (Phi) is 6.49. The minimum atomic E-state index is -1.05. The van der Waals surface area contributed by atoms with Gasteiger partial charge in [-0.2, -0.15) is 0 Å². The lowest BCUT2D eigenvalue weighted by molar-refractivity contribution is -0.0785. The van der Waals surface area contributed by atoms with Crippen LogP contribution in [0, 0.1) is 0 Å². The van der Waals surface area contributed by atoms with Crippen molar-refractivity contribution in [2.75, 3.05) is 32.2 Å². The molecule has 31 heavy (non-hydrogen) atoms. The van der Waals surface area contributed by atoms with Gasteiger partial charge in [-0.3, -0.25) is 9.36 Å². The van der Waals surface area contributed by atoms with Crippen molar-refractivity contribution >= 4 is 22.9 Å². The number of hydrogen-bond donors (Lipinski definition) is 3.